The molecule has 114 valence electrons. The van der Waals surface area contributed by atoms with Crippen molar-refractivity contribution in [1.82, 2.24) is 15.5 Å². The monoisotopic (exact) mass is 321 g/mol. The summed E-state index contributed by atoms with van der Waals surface area (Å²) >= 11 is 3.47. The summed E-state index contributed by atoms with van der Waals surface area (Å²) < 4.78 is 1.05. The highest BCUT2D eigenvalue weighted by Crippen LogP contribution is 2.33. The summed E-state index contributed by atoms with van der Waals surface area (Å²) in [5, 5.41) is 13.4. The molecule has 0 aliphatic rings. The fourth-order valence-corrected chi connectivity index (χ4v) is 4.51. The molecule has 2 rings (SSSR count). The molecule has 0 fully saturated rings. The molecule has 1 aromatic heterocycles. The smallest absolute Gasteiger partial charge is 0.174 e. The summed E-state index contributed by atoms with van der Waals surface area (Å²) in [7, 11) is 0. The van der Waals surface area contributed by atoms with Gasteiger partial charge in [-0.25, -0.2) is 0 Å². The summed E-state index contributed by atoms with van der Waals surface area (Å²) in [6.07, 6.45) is 1.08. The highest BCUT2D eigenvalue weighted by atomic mass is 32.2. The Balaban J connectivity index is 2.12. The zero-order valence-corrected chi connectivity index (χ0v) is 14.7. The minimum Gasteiger partial charge on any atom is -0.309 e. The van der Waals surface area contributed by atoms with E-state index in [0.717, 1.165) is 22.3 Å². The minimum absolute atomic E-state index is 0.329. The van der Waals surface area contributed by atoms with Gasteiger partial charge in [0.2, 0.25) is 0 Å². The fourth-order valence-electron chi connectivity index (χ4n) is 2.29. The Bertz CT molecular complexity index is 551. The lowest BCUT2D eigenvalue weighted by atomic mass is 10.0. The van der Waals surface area contributed by atoms with Crippen molar-refractivity contribution in [3.63, 3.8) is 0 Å². The Morgan fingerprint density at radius 1 is 1.19 bits per heavy atom. The maximum absolute atomic E-state index is 4.22. The summed E-state index contributed by atoms with van der Waals surface area (Å²) in [5.74, 6) is 0. The quantitative estimate of drug-likeness (QED) is 0.774. The van der Waals surface area contributed by atoms with E-state index < -0.39 is 0 Å². The third-order valence-electron chi connectivity index (χ3n) is 3.43. The van der Waals surface area contributed by atoms with Gasteiger partial charge in [-0.05, 0) is 31.0 Å². The Hall–Kier alpha value is -0.910. The topological polar surface area (TPSA) is 37.8 Å². The van der Waals surface area contributed by atoms with Crippen LogP contribution in [0.4, 0.5) is 0 Å². The number of nitrogens with one attached hydrogen (secondary N) is 1. The Kier molecular flexibility index (Phi) is 6.21. The van der Waals surface area contributed by atoms with Crippen molar-refractivity contribution in [2.24, 2.45) is 0 Å². The number of benzene rings is 1. The standard InChI is InChI=1S/C16H23N3S2/c1-5-13-7-9-14(10-8-13)15(17-6-2)11(3)20-16-19-18-12(4)21-16/h7-11,15,17H,5-6H2,1-4H3. The van der Waals surface area contributed by atoms with E-state index in [1.807, 2.05) is 6.92 Å². The molecule has 2 unspecified atom stereocenters. The molecule has 0 saturated heterocycles. The van der Waals surface area contributed by atoms with Gasteiger partial charge in [0.15, 0.2) is 4.34 Å². The maximum atomic E-state index is 4.22. The van der Waals surface area contributed by atoms with Crippen LogP contribution in [0.1, 0.15) is 42.9 Å². The van der Waals surface area contributed by atoms with Gasteiger partial charge in [0.05, 0.1) is 0 Å². The average molecular weight is 322 g/mol. The van der Waals surface area contributed by atoms with Crippen molar-refractivity contribution >= 4 is 23.1 Å². The molecule has 0 spiro atoms. The summed E-state index contributed by atoms with van der Waals surface area (Å²) in [6, 6.07) is 9.27. The third-order valence-corrected chi connectivity index (χ3v) is 5.53. The average Bonchev–Trinajstić information content (AvgIpc) is 2.90. The second-order valence-electron chi connectivity index (χ2n) is 5.04. The molecule has 3 nitrogen and oxygen atoms in total. The molecule has 2 atom stereocenters. The Morgan fingerprint density at radius 3 is 2.43 bits per heavy atom. The lowest BCUT2D eigenvalue weighted by molar-refractivity contribution is 0.547. The van der Waals surface area contributed by atoms with E-state index in [4.69, 9.17) is 0 Å². The van der Waals surface area contributed by atoms with E-state index in [1.54, 1.807) is 23.1 Å². The predicted octanol–water partition coefficient (Wildman–Crippen LogP) is 4.24. The number of rotatable bonds is 7. The second-order valence-corrected chi connectivity index (χ2v) is 7.85. The molecule has 0 radical (unpaired) electrons. The van der Waals surface area contributed by atoms with E-state index in [9.17, 15) is 0 Å². The zero-order valence-electron chi connectivity index (χ0n) is 13.1. The second kappa shape index (κ2) is 7.92. The van der Waals surface area contributed by atoms with Crippen LogP contribution in [0.15, 0.2) is 28.6 Å². The normalized spacial score (nSPS) is 14.1. The van der Waals surface area contributed by atoms with Gasteiger partial charge in [-0.15, -0.1) is 10.2 Å². The van der Waals surface area contributed by atoms with Gasteiger partial charge < -0.3 is 5.32 Å². The first kappa shape index (κ1) is 16.5. The Labute approximate surface area is 135 Å². The van der Waals surface area contributed by atoms with Crippen LogP contribution in [0.2, 0.25) is 0 Å². The predicted molar refractivity (Wildman–Crippen MR) is 92.2 cm³/mol. The van der Waals surface area contributed by atoms with E-state index >= 15 is 0 Å². The largest absolute Gasteiger partial charge is 0.309 e. The van der Waals surface area contributed by atoms with Crippen LogP contribution in [0.5, 0.6) is 0 Å². The summed E-state index contributed by atoms with van der Waals surface area (Å²) in [5.41, 5.74) is 2.73. The molecular formula is C16H23N3S2. The van der Waals surface area contributed by atoms with Gasteiger partial charge in [0.1, 0.15) is 5.01 Å². The van der Waals surface area contributed by atoms with Crippen molar-refractivity contribution in [1.29, 1.82) is 0 Å². The molecule has 2 aromatic rings. The van der Waals surface area contributed by atoms with Crippen LogP contribution in [0.25, 0.3) is 0 Å². The number of aryl methyl sites for hydroxylation is 2. The van der Waals surface area contributed by atoms with Gasteiger partial charge in [-0.2, -0.15) is 0 Å². The van der Waals surface area contributed by atoms with Gasteiger partial charge in [0.25, 0.3) is 0 Å². The molecule has 1 aromatic carbocycles. The van der Waals surface area contributed by atoms with Crippen molar-refractivity contribution in [3.05, 3.63) is 40.4 Å². The van der Waals surface area contributed by atoms with Crippen LogP contribution in [0, 0.1) is 6.92 Å². The molecule has 21 heavy (non-hydrogen) atoms. The first-order chi connectivity index (χ1) is 10.1. The SMILES string of the molecule is CCNC(c1ccc(CC)cc1)C(C)Sc1nnc(C)s1. The van der Waals surface area contributed by atoms with Crippen LogP contribution in [0.3, 0.4) is 0 Å². The van der Waals surface area contributed by atoms with Crippen LogP contribution in [-0.2, 0) is 6.42 Å². The lowest BCUT2D eigenvalue weighted by Crippen LogP contribution is -2.28. The van der Waals surface area contributed by atoms with Crippen molar-refractivity contribution < 1.29 is 0 Å². The number of hydrogen-bond acceptors (Lipinski definition) is 5. The van der Waals surface area contributed by atoms with Gasteiger partial charge >= 0.3 is 0 Å². The van der Waals surface area contributed by atoms with Crippen LogP contribution < -0.4 is 5.32 Å². The molecule has 0 saturated carbocycles. The number of aromatic nitrogens is 2. The van der Waals surface area contributed by atoms with Crippen molar-refractivity contribution in [3.8, 4) is 0 Å². The van der Waals surface area contributed by atoms with Gasteiger partial charge in [-0.1, -0.05) is 68.1 Å². The summed E-state index contributed by atoms with van der Waals surface area (Å²) in [6.45, 7) is 9.55. The molecule has 0 bridgehead atoms. The zero-order chi connectivity index (χ0) is 15.2. The fraction of sp³-hybridized carbons (Fsp3) is 0.500. The molecule has 0 aliphatic carbocycles. The lowest BCUT2D eigenvalue weighted by Gasteiger charge is -2.24. The van der Waals surface area contributed by atoms with E-state index in [-0.39, 0.29) is 0 Å². The van der Waals surface area contributed by atoms with Crippen molar-refractivity contribution in [2.75, 3.05) is 6.54 Å². The van der Waals surface area contributed by atoms with Crippen molar-refractivity contribution in [2.45, 2.75) is 49.7 Å². The first-order valence-corrected chi connectivity index (χ1v) is 9.12. The molecule has 0 aliphatic heterocycles. The highest BCUT2D eigenvalue weighted by Gasteiger charge is 2.20. The molecule has 1 N–H and O–H groups in total. The van der Waals surface area contributed by atoms with Gasteiger partial charge in [-0.3, -0.25) is 0 Å². The molecule has 5 heteroatoms. The maximum Gasteiger partial charge on any atom is 0.174 e. The number of hydrogen-bond donors (Lipinski definition) is 1. The number of nitrogens with zero attached hydrogens (tertiary/aromatic N) is 2. The minimum atomic E-state index is 0.329. The van der Waals surface area contributed by atoms with Crippen LogP contribution in [-0.4, -0.2) is 22.0 Å². The molecule has 0 amide bonds. The van der Waals surface area contributed by atoms with E-state index in [0.29, 0.717) is 11.3 Å². The first-order valence-electron chi connectivity index (χ1n) is 7.43. The van der Waals surface area contributed by atoms with Crippen LogP contribution >= 0.6 is 23.1 Å². The van der Waals surface area contributed by atoms with Gasteiger partial charge in [0, 0.05) is 11.3 Å². The Morgan fingerprint density at radius 2 is 1.90 bits per heavy atom. The molecular weight excluding hydrogens is 298 g/mol. The number of thioether (sulfide) groups is 1. The molecule has 1 heterocycles. The summed E-state index contributed by atoms with van der Waals surface area (Å²) in [4.78, 5) is 0. The highest BCUT2D eigenvalue weighted by molar-refractivity contribution is 8.01. The van der Waals surface area contributed by atoms with E-state index in [1.165, 1.54) is 11.1 Å². The third kappa shape index (κ3) is 4.53. The van der Waals surface area contributed by atoms with E-state index in [2.05, 4.69) is 60.6 Å².